The number of halogens is 2. The lowest BCUT2D eigenvalue weighted by molar-refractivity contribution is -0.0453. The SMILES string of the molecule is CN=C(NCC1CN2CCCC2CO1)NC(C)c1ccc(OCC2CC2)c(F)c1.I. The number of morpholine rings is 1. The number of fused-ring (bicyclic) bond motifs is 1. The Kier molecular flexibility index (Phi) is 8.59. The van der Waals surface area contributed by atoms with Crippen molar-refractivity contribution >= 4 is 29.9 Å². The minimum Gasteiger partial charge on any atom is -0.490 e. The van der Waals surface area contributed by atoms with Gasteiger partial charge in [-0.15, -0.1) is 24.0 Å². The van der Waals surface area contributed by atoms with E-state index in [1.54, 1.807) is 19.2 Å². The number of nitrogens with zero attached hydrogens (tertiary/aromatic N) is 2. The molecule has 0 aromatic heterocycles. The van der Waals surface area contributed by atoms with E-state index in [9.17, 15) is 4.39 Å². The zero-order valence-corrected chi connectivity index (χ0v) is 20.2. The van der Waals surface area contributed by atoms with Crippen molar-refractivity contribution in [1.29, 1.82) is 0 Å². The molecule has 1 aliphatic carbocycles. The highest BCUT2D eigenvalue weighted by molar-refractivity contribution is 14.0. The number of aliphatic imine (C=N–C) groups is 1. The van der Waals surface area contributed by atoms with E-state index in [0.717, 1.165) is 18.7 Å². The molecule has 1 saturated carbocycles. The van der Waals surface area contributed by atoms with Gasteiger partial charge in [0.2, 0.25) is 0 Å². The third-order valence-corrected chi connectivity index (χ3v) is 6.16. The molecular weight excluding hydrogens is 498 g/mol. The molecule has 1 aromatic rings. The van der Waals surface area contributed by atoms with Gasteiger partial charge in [-0.3, -0.25) is 9.89 Å². The van der Waals surface area contributed by atoms with Crippen molar-refractivity contribution < 1.29 is 13.9 Å². The summed E-state index contributed by atoms with van der Waals surface area (Å²) in [5.74, 6) is 1.33. The Hall–Kier alpha value is -1.13. The molecule has 6 nitrogen and oxygen atoms in total. The standard InChI is InChI=1S/C22H33FN4O2.HI/c1-15(17-7-8-21(20(23)10-17)29-13-16-5-6-16)26-22(24-2)25-11-19-12-27-9-3-4-18(27)14-28-19;/h7-8,10,15-16,18-19H,3-6,9,11-14H2,1-2H3,(H2,24,25,26);1H. The fourth-order valence-electron chi connectivity index (χ4n) is 4.10. The Labute approximate surface area is 196 Å². The van der Waals surface area contributed by atoms with Crippen LogP contribution in [0.15, 0.2) is 23.2 Å². The van der Waals surface area contributed by atoms with Crippen molar-refractivity contribution in [1.82, 2.24) is 15.5 Å². The van der Waals surface area contributed by atoms with Crippen LogP contribution in [0.1, 0.15) is 44.2 Å². The molecule has 0 amide bonds. The van der Waals surface area contributed by atoms with Crippen LogP contribution in [0.3, 0.4) is 0 Å². The first kappa shape index (κ1) is 23.5. The zero-order chi connectivity index (χ0) is 20.2. The van der Waals surface area contributed by atoms with Crippen LogP contribution >= 0.6 is 24.0 Å². The summed E-state index contributed by atoms with van der Waals surface area (Å²) in [5.41, 5.74) is 0.859. The lowest BCUT2D eigenvalue weighted by Gasteiger charge is -2.35. The van der Waals surface area contributed by atoms with E-state index >= 15 is 0 Å². The minimum absolute atomic E-state index is 0. The number of guanidine groups is 1. The van der Waals surface area contributed by atoms with Crippen molar-refractivity contribution in [2.24, 2.45) is 10.9 Å². The third-order valence-electron chi connectivity index (χ3n) is 6.16. The molecule has 2 heterocycles. The molecule has 4 rings (SSSR count). The molecule has 1 aromatic carbocycles. The van der Waals surface area contributed by atoms with Crippen molar-refractivity contribution in [3.63, 3.8) is 0 Å². The normalized spacial score (nSPS) is 25.2. The second-order valence-corrected chi connectivity index (χ2v) is 8.51. The highest BCUT2D eigenvalue weighted by Crippen LogP contribution is 2.30. The van der Waals surface area contributed by atoms with Gasteiger partial charge in [0.25, 0.3) is 0 Å². The lowest BCUT2D eigenvalue weighted by atomic mass is 10.1. The molecule has 3 atom stereocenters. The van der Waals surface area contributed by atoms with Crippen molar-refractivity contribution in [3.05, 3.63) is 29.6 Å². The summed E-state index contributed by atoms with van der Waals surface area (Å²) in [7, 11) is 1.75. The smallest absolute Gasteiger partial charge is 0.191 e. The molecule has 0 bridgehead atoms. The molecule has 2 saturated heterocycles. The van der Waals surface area contributed by atoms with Gasteiger partial charge in [-0.1, -0.05) is 6.07 Å². The topological polar surface area (TPSA) is 58.1 Å². The van der Waals surface area contributed by atoms with Crippen LogP contribution in [0.5, 0.6) is 5.75 Å². The quantitative estimate of drug-likeness (QED) is 0.321. The first-order valence-electron chi connectivity index (χ1n) is 10.9. The van der Waals surface area contributed by atoms with E-state index in [-0.39, 0.29) is 41.9 Å². The average molecular weight is 532 g/mol. The summed E-state index contributed by atoms with van der Waals surface area (Å²) in [6.07, 6.45) is 5.07. The Morgan fingerprint density at radius 2 is 2.20 bits per heavy atom. The van der Waals surface area contributed by atoms with Gasteiger partial charge < -0.3 is 20.1 Å². The number of ether oxygens (including phenoxy) is 2. The first-order valence-corrected chi connectivity index (χ1v) is 10.9. The second kappa shape index (κ2) is 10.9. The largest absolute Gasteiger partial charge is 0.490 e. The average Bonchev–Trinajstić information content (AvgIpc) is 3.44. The maximum Gasteiger partial charge on any atom is 0.191 e. The highest BCUT2D eigenvalue weighted by atomic mass is 127. The van der Waals surface area contributed by atoms with E-state index < -0.39 is 0 Å². The fourth-order valence-corrected chi connectivity index (χ4v) is 4.10. The van der Waals surface area contributed by atoms with Gasteiger partial charge in [0, 0.05) is 26.2 Å². The fraction of sp³-hybridized carbons (Fsp3) is 0.682. The van der Waals surface area contributed by atoms with Crippen molar-refractivity contribution in [3.8, 4) is 5.75 Å². The second-order valence-electron chi connectivity index (χ2n) is 8.51. The van der Waals surface area contributed by atoms with E-state index in [0.29, 0.717) is 36.8 Å². The molecule has 2 aliphatic heterocycles. The number of nitrogens with one attached hydrogen (secondary N) is 2. The molecule has 3 fully saturated rings. The molecule has 168 valence electrons. The maximum atomic E-state index is 14.4. The van der Waals surface area contributed by atoms with E-state index in [4.69, 9.17) is 9.47 Å². The van der Waals surface area contributed by atoms with Crippen molar-refractivity contribution in [2.75, 3.05) is 39.9 Å². The Morgan fingerprint density at radius 3 is 2.93 bits per heavy atom. The van der Waals surface area contributed by atoms with Crippen LogP contribution in [0, 0.1) is 11.7 Å². The predicted octanol–water partition coefficient (Wildman–Crippen LogP) is 3.32. The molecule has 0 radical (unpaired) electrons. The van der Waals surface area contributed by atoms with Gasteiger partial charge in [-0.05, 0) is 62.8 Å². The van der Waals surface area contributed by atoms with Gasteiger partial charge >= 0.3 is 0 Å². The summed E-state index contributed by atoms with van der Waals surface area (Å²) in [6, 6.07) is 5.71. The van der Waals surface area contributed by atoms with Gasteiger partial charge in [0.1, 0.15) is 0 Å². The van der Waals surface area contributed by atoms with E-state index in [1.807, 2.05) is 13.0 Å². The van der Waals surface area contributed by atoms with Gasteiger partial charge in [-0.25, -0.2) is 4.39 Å². The van der Waals surface area contributed by atoms with E-state index in [2.05, 4.69) is 20.5 Å². The molecule has 30 heavy (non-hydrogen) atoms. The van der Waals surface area contributed by atoms with Crippen molar-refractivity contribution in [2.45, 2.75) is 50.8 Å². The monoisotopic (exact) mass is 532 g/mol. The van der Waals surface area contributed by atoms with Gasteiger partial charge in [0.05, 0.1) is 25.4 Å². The Balaban J connectivity index is 0.00000256. The van der Waals surface area contributed by atoms with Gasteiger partial charge in [0.15, 0.2) is 17.5 Å². The Bertz CT molecular complexity index is 731. The maximum absolute atomic E-state index is 14.4. The third kappa shape index (κ3) is 6.20. The summed E-state index contributed by atoms with van der Waals surface area (Å²) in [4.78, 5) is 6.84. The number of hydrogen-bond acceptors (Lipinski definition) is 4. The first-order chi connectivity index (χ1) is 14.1. The molecular formula is C22H34FIN4O2. The number of rotatable bonds is 7. The minimum atomic E-state index is -0.310. The Morgan fingerprint density at radius 1 is 1.37 bits per heavy atom. The summed E-state index contributed by atoms with van der Waals surface area (Å²) in [6.45, 7) is 6.29. The van der Waals surface area contributed by atoms with Crippen LogP contribution in [0.25, 0.3) is 0 Å². The van der Waals surface area contributed by atoms with Crippen LogP contribution < -0.4 is 15.4 Å². The molecule has 2 N–H and O–H groups in total. The predicted molar refractivity (Wildman–Crippen MR) is 127 cm³/mol. The van der Waals surface area contributed by atoms with Gasteiger partial charge in [-0.2, -0.15) is 0 Å². The van der Waals surface area contributed by atoms with Crippen LogP contribution in [-0.4, -0.2) is 62.9 Å². The number of benzene rings is 1. The van der Waals surface area contributed by atoms with Crippen LogP contribution in [0.2, 0.25) is 0 Å². The summed E-state index contributed by atoms with van der Waals surface area (Å²) < 4.78 is 26.0. The van der Waals surface area contributed by atoms with Crippen LogP contribution in [0.4, 0.5) is 4.39 Å². The molecule has 0 spiro atoms. The molecule has 8 heteroatoms. The summed E-state index contributed by atoms with van der Waals surface area (Å²) in [5, 5.41) is 6.69. The molecule has 3 unspecified atom stereocenters. The lowest BCUT2D eigenvalue weighted by Crippen LogP contribution is -2.51. The highest BCUT2D eigenvalue weighted by Gasteiger charge is 2.32. The molecule has 3 aliphatic rings. The number of hydrogen-bond donors (Lipinski definition) is 2. The zero-order valence-electron chi connectivity index (χ0n) is 17.9. The summed E-state index contributed by atoms with van der Waals surface area (Å²) >= 11 is 0. The van der Waals surface area contributed by atoms with E-state index in [1.165, 1.54) is 32.2 Å². The van der Waals surface area contributed by atoms with Crippen LogP contribution in [-0.2, 0) is 4.74 Å².